The Morgan fingerprint density at radius 1 is 1.00 bits per heavy atom. The van der Waals surface area contributed by atoms with Crippen molar-refractivity contribution in [1.82, 2.24) is 5.32 Å². The number of phenols is 1. The van der Waals surface area contributed by atoms with E-state index >= 15 is 0 Å². The second-order valence-electron chi connectivity index (χ2n) is 8.71. The molecule has 3 aromatic rings. The molecule has 0 aliphatic carbocycles. The maximum absolute atomic E-state index is 13.0. The van der Waals surface area contributed by atoms with E-state index in [4.69, 9.17) is 4.74 Å². The van der Waals surface area contributed by atoms with E-state index < -0.39 is 0 Å². The first-order valence-electron chi connectivity index (χ1n) is 10.7. The molecule has 4 rings (SSSR count). The van der Waals surface area contributed by atoms with Crippen molar-refractivity contribution in [3.05, 3.63) is 95.1 Å². The molecule has 168 valence electrons. The summed E-state index contributed by atoms with van der Waals surface area (Å²) in [6, 6.07) is 18.7. The van der Waals surface area contributed by atoms with Gasteiger partial charge in [-0.15, -0.1) is 0 Å². The lowest BCUT2D eigenvalue weighted by Gasteiger charge is -2.35. The number of carbonyl (C=O) groups excluding carboxylic acids is 2. The number of phenolic OH excluding ortho intramolecular Hbond substituents is 1. The summed E-state index contributed by atoms with van der Waals surface area (Å²) in [4.78, 5) is 25.5. The molecule has 0 unspecified atom stereocenters. The lowest BCUT2D eigenvalue weighted by Crippen LogP contribution is -2.43. The number of methoxy groups -OCH3 is 1. The molecule has 1 aliphatic heterocycles. The topological polar surface area (TPSA) is 87.7 Å². The molecular formula is C27H26N2O4. The molecule has 3 aromatic carbocycles. The fourth-order valence-corrected chi connectivity index (χ4v) is 3.90. The van der Waals surface area contributed by atoms with E-state index in [2.05, 4.69) is 24.5 Å². The standard InChI is InChI=1S/C27H26N2O4/c1-27(2)16-19-8-13-22(33-3)14-23(19)24(29-27)15-25(31)17-4-6-18(7-5-17)26(32)28-20-9-11-21(30)12-10-20/h4-15,29-30H,16H2,1-3H3,(H,28,32). The van der Waals surface area contributed by atoms with Gasteiger partial charge in [-0.1, -0.05) is 18.2 Å². The Balaban J connectivity index is 1.55. The molecule has 33 heavy (non-hydrogen) atoms. The smallest absolute Gasteiger partial charge is 0.255 e. The third-order valence-corrected chi connectivity index (χ3v) is 5.54. The van der Waals surface area contributed by atoms with Crippen molar-refractivity contribution in [2.45, 2.75) is 25.8 Å². The SMILES string of the molecule is COc1ccc2c(c1)C(=CC(=O)c1ccc(C(=O)Nc3ccc(O)cc3)cc1)NC(C)(C)C2. The lowest BCUT2D eigenvalue weighted by molar-refractivity contribution is 0.102. The zero-order valence-corrected chi connectivity index (χ0v) is 18.8. The Hall–Kier alpha value is -4.06. The summed E-state index contributed by atoms with van der Waals surface area (Å²) in [6.45, 7) is 4.19. The van der Waals surface area contributed by atoms with Crippen LogP contribution in [-0.4, -0.2) is 29.4 Å². The number of nitrogens with one attached hydrogen (secondary N) is 2. The van der Waals surface area contributed by atoms with Gasteiger partial charge in [-0.3, -0.25) is 9.59 Å². The largest absolute Gasteiger partial charge is 0.508 e. The maximum atomic E-state index is 13.0. The molecule has 3 N–H and O–H groups in total. The second kappa shape index (κ2) is 8.82. The molecule has 6 heteroatoms. The number of aromatic hydroxyl groups is 1. The van der Waals surface area contributed by atoms with Gasteiger partial charge in [0.05, 0.1) is 7.11 Å². The first-order valence-corrected chi connectivity index (χ1v) is 10.7. The van der Waals surface area contributed by atoms with Crippen LogP contribution in [0.3, 0.4) is 0 Å². The van der Waals surface area contributed by atoms with Gasteiger partial charge >= 0.3 is 0 Å². The number of rotatable bonds is 5. The molecule has 1 heterocycles. The molecule has 0 saturated heterocycles. The van der Waals surface area contributed by atoms with Crippen molar-refractivity contribution in [3.8, 4) is 11.5 Å². The van der Waals surface area contributed by atoms with Gasteiger partial charge < -0.3 is 20.5 Å². The Labute approximate surface area is 192 Å². The molecule has 0 fully saturated rings. The van der Waals surface area contributed by atoms with Crippen LogP contribution in [0, 0.1) is 0 Å². The predicted octanol–water partition coefficient (Wildman–Crippen LogP) is 4.80. The number of amides is 1. The van der Waals surface area contributed by atoms with E-state index in [1.54, 1.807) is 49.6 Å². The van der Waals surface area contributed by atoms with Gasteiger partial charge in [-0.05, 0) is 74.4 Å². The molecule has 6 nitrogen and oxygen atoms in total. The zero-order valence-electron chi connectivity index (χ0n) is 18.8. The molecular weight excluding hydrogens is 416 g/mol. The lowest BCUT2D eigenvalue weighted by atomic mass is 9.85. The number of ether oxygens (including phenoxy) is 1. The molecule has 0 aromatic heterocycles. The summed E-state index contributed by atoms with van der Waals surface area (Å²) in [5, 5.41) is 15.6. The maximum Gasteiger partial charge on any atom is 0.255 e. The van der Waals surface area contributed by atoms with Crippen molar-refractivity contribution in [3.63, 3.8) is 0 Å². The van der Waals surface area contributed by atoms with Gasteiger partial charge in [-0.25, -0.2) is 0 Å². The summed E-state index contributed by atoms with van der Waals surface area (Å²) < 4.78 is 5.36. The van der Waals surface area contributed by atoms with E-state index in [-0.39, 0.29) is 23.0 Å². The Kier molecular flexibility index (Phi) is 5.92. The van der Waals surface area contributed by atoms with Gasteiger partial charge in [0.2, 0.25) is 0 Å². The minimum atomic E-state index is -0.297. The van der Waals surface area contributed by atoms with E-state index in [1.165, 1.54) is 12.1 Å². The molecule has 0 bridgehead atoms. The quantitative estimate of drug-likeness (QED) is 0.300. The molecule has 0 saturated carbocycles. The minimum absolute atomic E-state index is 0.127. The first kappa shape index (κ1) is 22.1. The first-order chi connectivity index (χ1) is 15.7. The molecule has 0 spiro atoms. The summed E-state index contributed by atoms with van der Waals surface area (Å²) >= 11 is 0. The van der Waals surface area contributed by atoms with Crippen LogP contribution < -0.4 is 15.4 Å². The van der Waals surface area contributed by atoms with Crippen LogP contribution in [0.25, 0.3) is 5.70 Å². The highest BCUT2D eigenvalue weighted by Gasteiger charge is 2.28. The number of anilines is 1. The third kappa shape index (κ3) is 5.06. The number of ketones is 1. The molecule has 0 radical (unpaired) electrons. The average molecular weight is 443 g/mol. The molecule has 1 aliphatic rings. The Morgan fingerprint density at radius 3 is 2.33 bits per heavy atom. The van der Waals surface area contributed by atoms with Crippen molar-refractivity contribution in [2.24, 2.45) is 0 Å². The van der Waals surface area contributed by atoms with Crippen molar-refractivity contribution >= 4 is 23.1 Å². The number of carbonyl (C=O) groups is 2. The van der Waals surface area contributed by atoms with E-state index in [0.29, 0.717) is 16.8 Å². The third-order valence-electron chi connectivity index (χ3n) is 5.54. The van der Waals surface area contributed by atoms with Crippen LogP contribution >= 0.6 is 0 Å². The molecule has 1 amide bonds. The minimum Gasteiger partial charge on any atom is -0.508 e. The summed E-state index contributed by atoms with van der Waals surface area (Å²) in [6.07, 6.45) is 2.44. The average Bonchev–Trinajstić information content (AvgIpc) is 2.79. The zero-order chi connectivity index (χ0) is 23.6. The predicted molar refractivity (Wildman–Crippen MR) is 129 cm³/mol. The van der Waals surface area contributed by atoms with Crippen molar-refractivity contribution in [2.75, 3.05) is 12.4 Å². The highest BCUT2D eigenvalue weighted by atomic mass is 16.5. The number of hydrogen-bond donors (Lipinski definition) is 3. The summed E-state index contributed by atoms with van der Waals surface area (Å²) in [5.74, 6) is 0.406. The Morgan fingerprint density at radius 2 is 1.67 bits per heavy atom. The fourth-order valence-electron chi connectivity index (χ4n) is 3.90. The van der Waals surface area contributed by atoms with Crippen LogP contribution in [0.5, 0.6) is 11.5 Å². The number of hydrogen-bond acceptors (Lipinski definition) is 5. The van der Waals surface area contributed by atoms with E-state index in [1.807, 2.05) is 18.2 Å². The number of benzene rings is 3. The highest BCUT2D eigenvalue weighted by molar-refractivity contribution is 6.10. The van der Waals surface area contributed by atoms with Gasteiger partial charge in [0.15, 0.2) is 5.78 Å². The number of fused-ring (bicyclic) bond motifs is 1. The summed E-state index contributed by atoms with van der Waals surface area (Å²) in [7, 11) is 1.62. The van der Waals surface area contributed by atoms with Crippen LogP contribution in [-0.2, 0) is 6.42 Å². The molecule has 0 atom stereocenters. The Bertz CT molecular complexity index is 1230. The van der Waals surface area contributed by atoms with Gasteiger partial charge in [0, 0.05) is 39.7 Å². The normalized spacial score (nSPS) is 15.3. The van der Waals surface area contributed by atoms with Crippen LogP contribution in [0.2, 0.25) is 0 Å². The monoisotopic (exact) mass is 442 g/mol. The summed E-state index contributed by atoms with van der Waals surface area (Å²) in [5.41, 5.74) is 4.15. The number of allylic oxidation sites excluding steroid dienone is 1. The van der Waals surface area contributed by atoms with Crippen LogP contribution in [0.1, 0.15) is 45.7 Å². The van der Waals surface area contributed by atoms with E-state index in [9.17, 15) is 14.7 Å². The fraction of sp³-hybridized carbons (Fsp3) is 0.185. The van der Waals surface area contributed by atoms with Gasteiger partial charge in [0.1, 0.15) is 11.5 Å². The van der Waals surface area contributed by atoms with E-state index in [0.717, 1.165) is 29.0 Å². The van der Waals surface area contributed by atoms with Crippen molar-refractivity contribution in [1.29, 1.82) is 0 Å². The van der Waals surface area contributed by atoms with Gasteiger partial charge in [0.25, 0.3) is 5.91 Å². The second-order valence-corrected chi connectivity index (χ2v) is 8.71. The van der Waals surface area contributed by atoms with Crippen LogP contribution in [0.15, 0.2) is 72.8 Å². The van der Waals surface area contributed by atoms with Gasteiger partial charge in [-0.2, -0.15) is 0 Å². The van der Waals surface area contributed by atoms with Crippen LogP contribution in [0.4, 0.5) is 5.69 Å². The highest BCUT2D eigenvalue weighted by Crippen LogP contribution is 2.32. The van der Waals surface area contributed by atoms with Crippen molar-refractivity contribution < 1.29 is 19.4 Å².